The molecule has 0 bridgehead atoms. The molecule has 2 unspecified atom stereocenters. The summed E-state index contributed by atoms with van der Waals surface area (Å²) >= 11 is 0. The van der Waals surface area contributed by atoms with Crippen molar-refractivity contribution in [2.45, 2.75) is 19.8 Å². The molecule has 0 spiro atoms. The number of carboxylic acids is 1. The molecular weight excluding hydrogens is 420 g/mol. The minimum absolute atomic E-state index is 0.0130. The number of amides is 2. The summed E-state index contributed by atoms with van der Waals surface area (Å²) in [6.45, 7) is 4.43. The lowest BCUT2D eigenvalue weighted by atomic mass is 9.81. The summed E-state index contributed by atoms with van der Waals surface area (Å²) < 4.78 is 5.47. The third kappa shape index (κ3) is 4.35. The Labute approximate surface area is 193 Å². The molecule has 2 aliphatic rings. The molecule has 2 amide bonds. The second-order valence-corrected chi connectivity index (χ2v) is 8.95. The molecule has 7 heteroatoms. The van der Waals surface area contributed by atoms with Crippen LogP contribution < -0.4 is 5.32 Å². The number of alkyl carbamates (subject to hydrolysis) is 1. The Hall–Kier alpha value is -3.61. The Balaban J connectivity index is 1.27. The number of carboxylic acid groups (broad SMARTS) is 1. The fraction of sp³-hybridized carbons (Fsp3) is 0.346. The van der Waals surface area contributed by atoms with Gasteiger partial charge in [0.1, 0.15) is 6.61 Å². The van der Waals surface area contributed by atoms with E-state index in [1.165, 1.54) is 22.1 Å². The zero-order valence-corrected chi connectivity index (χ0v) is 18.8. The molecule has 2 aromatic rings. The van der Waals surface area contributed by atoms with E-state index in [1.807, 2.05) is 31.2 Å². The maximum absolute atomic E-state index is 12.4. The van der Waals surface area contributed by atoms with Crippen molar-refractivity contribution in [2.75, 3.05) is 26.2 Å². The normalized spacial score (nSPS) is 21.6. The van der Waals surface area contributed by atoms with Crippen molar-refractivity contribution >= 4 is 18.0 Å². The van der Waals surface area contributed by atoms with Crippen molar-refractivity contribution in [1.82, 2.24) is 10.2 Å². The Morgan fingerprint density at radius 2 is 1.73 bits per heavy atom. The van der Waals surface area contributed by atoms with E-state index >= 15 is 0 Å². The zero-order chi connectivity index (χ0) is 23.6. The van der Waals surface area contributed by atoms with Crippen LogP contribution in [0.4, 0.5) is 4.79 Å². The molecule has 1 aliphatic heterocycles. The van der Waals surface area contributed by atoms with Crippen LogP contribution in [0.5, 0.6) is 0 Å². The van der Waals surface area contributed by atoms with Gasteiger partial charge >= 0.3 is 12.1 Å². The molecule has 0 aromatic heterocycles. The highest BCUT2D eigenvalue weighted by Crippen LogP contribution is 2.44. The average molecular weight is 449 g/mol. The van der Waals surface area contributed by atoms with Crippen LogP contribution >= 0.6 is 0 Å². The standard InChI is InChI=1S/C26H28N2O5/c1-17-14-28(16-26(17,2)24(30)31)23(29)12-7-13-27-25(32)33-15-22-20-10-5-3-8-18(20)19-9-4-6-11-21(19)22/h3-12,17,22H,13-16H2,1-2H3,(H,27,32)(H,30,31)/b12-7+. The number of carbonyl (C=O) groups is 3. The first-order valence-electron chi connectivity index (χ1n) is 11.1. The lowest BCUT2D eigenvalue weighted by molar-refractivity contribution is -0.149. The maximum Gasteiger partial charge on any atom is 0.407 e. The molecule has 33 heavy (non-hydrogen) atoms. The molecule has 2 atom stereocenters. The van der Waals surface area contributed by atoms with Crippen molar-refractivity contribution in [3.8, 4) is 11.1 Å². The Kier molecular flexibility index (Phi) is 6.22. The van der Waals surface area contributed by atoms with Gasteiger partial charge in [0.25, 0.3) is 0 Å². The SMILES string of the molecule is CC1CN(C(=O)/C=C/CNC(=O)OCC2c3ccccc3-c3ccccc32)CC1(C)C(=O)O. The van der Waals surface area contributed by atoms with Crippen LogP contribution in [0.2, 0.25) is 0 Å². The van der Waals surface area contributed by atoms with Gasteiger partial charge in [-0.1, -0.05) is 61.5 Å². The van der Waals surface area contributed by atoms with E-state index in [0.717, 1.165) is 11.1 Å². The quantitative estimate of drug-likeness (QED) is 0.658. The van der Waals surface area contributed by atoms with Crippen LogP contribution in [0.3, 0.4) is 0 Å². The Morgan fingerprint density at radius 3 is 2.30 bits per heavy atom. The highest BCUT2D eigenvalue weighted by Gasteiger charge is 2.47. The molecule has 1 aliphatic carbocycles. The number of hydrogen-bond acceptors (Lipinski definition) is 4. The van der Waals surface area contributed by atoms with Gasteiger partial charge in [0.15, 0.2) is 0 Å². The van der Waals surface area contributed by atoms with Gasteiger partial charge in [0.05, 0.1) is 5.41 Å². The van der Waals surface area contributed by atoms with Crippen LogP contribution in [-0.2, 0) is 14.3 Å². The van der Waals surface area contributed by atoms with Gasteiger partial charge in [-0.15, -0.1) is 0 Å². The van der Waals surface area contributed by atoms with Crippen LogP contribution in [0.25, 0.3) is 11.1 Å². The van der Waals surface area contributed by atoms with Gasteiger partial charge < -0.3 is 20.1 Å². The van der Waals surface area contributed by atoms with Crippen molar-refractivity contribution in [2.24, 2.45) is 11.3 Å². The maximum atomic E-state index is 12.4. The predicted octanol–water partition coefficient (Wildman–Crippen LogP) is 3.65. The molecule has 4 rings (SSSR count). The van der Waals surface area contributed by atoms with Gasteiger partial charge in [-0.25, -0.2) is 4.79 Å². The number of carbonyl (C=O) groups excluding carboxylic acids is 2. The fourth-order valence-electron chi connectivity index (χ4n) is 4.65. The molecule has 0 radical (unpaired) electrons. The fourth-order valence-corrected chi connectivity index (χ4v) is 4.65. The highest BCUT2D eigenvalue weighted by molar-refractivity contribution is 5.89. The Bertz CT molecular complexity index is 1070. The number of fused-ring (bicyclic) bond motifs is 3. The monoisotopic (exact) mass is 448 g/mol. The molecule has 2 aromatic carbocycles. The van der Waals surface area contributed by atoms with Crippen LogP contribution in [0.15, 0.2) is 60.7 Å². The summed E-state index contributed by atoms with van der Waals surface area (Å²) in [6, 6.07) is 16.3. The largest absolute Gasteiger partial charge is 0.481 e. The van der Waals surface area contributed by atoms with Crippen LogP contribution in [0.1, 0.15) is 30.9 Å². The van der Waals surface area contributed by atoms with E-state index < -0.39 is 17.5 Å². The van der Waals surface area contributed by atoms with E-state index in [9.17, 15) is 19.5 Å². The summed E-state index contributed by atoms with van der Waals surface area (Å²) in [5.41, 5.74) is 3.68. The summed E-state index contributed by atoms with van der Waals surface area (Å²) in [5.74, 6) is -1.31. The second-order valence-electron chi connectivity index (χ2n) is 8.95. The third-order valence-corrected chi connectivity index (χ3v) is 6.87. The van der Waals surface area contributed by atoms with E-state index in [1.54, 1.807) is 13.0 Å². The van der Waals surface area contributed by atoms with E-state index in [4.69, 9.17) is 4.74 Å². The smallest absolute Gasteiger partial charge is 0.407 e. The number of hydrogen-bond donors (Lipinski definition) is 2. The van der Waals surface area contributed by atoms with Crippen LogP contribution in [0, 0.1) is 11.3 Å². The summed E-state index contributed by atoms with van der Waals surface area (Å²) in [4.78, 5) is 37.6. The minimum Gasteiger partial charge on any atom is -0.481 e. The first-order chi connectivity index (χ1) is 15.8. The molecule has 1 saturated heterocycles. The average Bonchev–Trinajstić information content (AvgIpc) is 3.30. The van der Waals surface area contributed by atoms with Gasteiger partial charge in [-0.3, -0.25) is 9.59 Å². The lowest BCUT2D eigenvalue weighted by Gasteiger charge is -2.22. The molecule has 0 saturated carbocycles. The molecule has 172 valence electrons. The summed E-state index contributed by atoms with van der Waals surface area (Å²) in [6.07, 6.45) is 2.36. The van der Waals surface area contributed by atoms with Gasteiger partial charge in [-0.2, -0.15) is 0 Å². The number of rotatable bonds is 6. The molecular formula is C26H28N2O5. The molecule has 2 N–H and O–H groups in total. The number of likely N-dealkylation sites (tertiary alicyclic amines) is 1. The van der Waals surface area contributed by atoms with E-state index in [0.29, 0.717) is 6.54 Å². The first kappa shape index (κ1) is 22.6. The summed E-state index contributed by atoms with van der Waals surface area (Å²) in [7, 11) is 0. The first-order valence-corrected chi connectivity index (χ1v) is 11.1. The topological polar surface area (TPSA) is 95.9 Å². The summed E-state index contributed by atoms with van der Waals surface area (Å²) in [5, 5.41) is 12.1. The molecule has 1 heterocycles. The van der Waals surface area contributed by atoms with Crippen molar-refractivity contribution in [3.63, 3.8) is 0 Å². The van der Waals surface area contributed by atoms with E-state index in [2.05, 4.69) is 29.6 Å². The van der Waals surface area contributed by atoms with Crippen molar-refractivity contribution in [1.29, 1.82) is 0 Å². The number of nitrogens with one attached hydrogen (secondary N) is 1. The number of nitrogens with zero attached hydrogens (tertiary/aromatic N) is 1. The van der Waals surface area contributed by atoms with Gasteiger partial charge in [-0.05, 0) is 35.1 Å². The van der Waals surface area contributed by atoms with Crippen molar-refractivity contribution < 1.29 is 24.2 Å². The predicted molar refractivity (Wildman–Crippen MR) is 124 cm³/mol. The van der Waals surface area contributed by atoms with Crippen LogP contribution in [-0.4, -0.2) is 54.2 Å². The minimum atomic E-state index is -0.941. The second kappa shape index (κ2) is 9.10. The lowest BCUT2D eigenvalue weighted by Crippen LogP contribution is -2.36. The highest BCUT2D eigenvalue weighted by atomic mass is 16.5. The van der Waals surface area contributed by atoms with Gasteiger partial charge in [0, 0.05) is 31.6 Å². The van der Waals surface area contributed by atoms with Crippen molar-refractivity contribution in [3.05, 3.63) is 71.8 Å². The zero-order valence-electron chi connectivity index (χ0n) is 18.8. The van der Waals surface area contributed by atoms with Gasteiger partial charge in [0.2, 0.25) is 5.91 Å². The number of benzene rings is 2. The van der Waals surface area contributed by atoms with E-state index in [-0.39, 0.29) is 37.4 Å². The third-order valence-electron chi connectivity index (χ3n) is 6.87. The number of ether oxygens (including phenoxy) is 1. The molecule has 1 fully saturated rings. The number of aliphatic carboxylic acids is 1. The molecule has 7 nitrogen and oxygen atoms in total. The Morgan fingerprint density at radius 1 is 1.12 bits per heavy atom.